The third-order valence-electron chi connectivity index (χ3n) is 3.28. The monoisotopic (exact) mass is 259 g/mol. The standard InChI is InChI=1S/C12H21NO5/c1-7(8(2)12(15)16-4)10-6-18-9(3)11(14)13(10)17-5/h7,9-10,12,15H,2,6H2,1,3-5H3/t7?,9-,10+,12?/m1/s1. The van der Waals surface area contributed by atoms with Crippen molar-refractivity contribution >= 4 is 5.91 Å². The van der Waals surface area contributed by atoms with Crippen LogP contribution in [-0.2, 0) is 19.1 Å². The summed E-state index contributed by atoms with van der Waals surface area (Å²) in [6.07, 6.45) is -1.58. The third-order valence-corrected chi connectivity index (χ3v) is 3.28. The number of aliphatic hydroxyl groups excluding tert-OH is 1. The van der Waals surface area contributed by atoms with Gasteiger partial charge in [0.15, 0.2) is 6.29 Å². The van der Waals surface area contributed by atoms with Crippen molar-refractivity contribution in [1.82, 2.24) is 5.06 Å². The van der Waals surface area contributed by atoms with E-state index in [9.17, 15) is 9.90 Å². The maximum Gasteiger partial charge on any atom is 0.275 e. The number of hydrogen-bond acceptors (Lipinski definition) is 5. The number of ether oxygens (including phenoxy) is 2. The second kappa shape index (κ2) is 6.29. The molecule has 0 bridgehead atoms. The summed E-state index contributed by atoms with van der Waals surface area (Å²) in [6.45, 7) is 7.64. The molecule has 1 aliphatic heterocycles. The Morgan fingerprint density at radius 2 is 2.22 bits per heavy atom. The highest BCUT2D eigenvalue weighted by Crippen LogP contribution is 2.26. The van der Waals surface area contributed by atoms with E-state index in [4.69, 9.17) is 14.3 Å². The molecule has 0 aliphatic carbocycles. The second-order valence-electron chi connectivity index (χ2n) is 4.34. The lowest BCUT2D eigenvalue weighted by atomic mass is 9.92. The number of hydroxylamine groups is 2. The fourth-order valence-electron chi connectivity index (χ4n) is 1.92. The largest absolute Gasteiger partial charge is 0.366 e. The number of morpholine rings is 1. The molecule has 1 N–H and O–H groups in total. The lowest BCUT2D eigenvalue weighted by Gasteiger charge is -2.40. The molecule has 0 saturated carbocycles. The fraction of sp³-hybridized carbons (Fsp3) is 0.750. The van der Waals surface area contributed by atoms with E-state index < -0.39 is 12.4 Å². The van der Waals surface area contributed by atoms with Crippen LogP contribution in [0.1, 0.15) is 13.8 Å². The Balaban J connectivity index is 2.81. The molecule has 0 spiro atoms. The van der Waals surface area contributed by atoms with Crippen LogP contribution >= 0.6 is 0 Å². The van der Waals surface area contributed by atoms with Crippen molar-refractivity contribution in [3.63, 3.8) is 0 Å². The van der Waals surface area contributed by atoms with Gasteiger partial charge >= 0.3 is 0 Å². The van der Waals surface area contributed by atoms with Crippen LogP contribution in [0.3, 0.4) is 0 Å². The number of aliphatic hydroxyl groups is 1. The summed E-state index contributed by atoms with van der Waals surface area (Å²) in [5.74, 6) is -0.448. The smallest absolute Gasteiger partial charge is 0.275 e. The number of hydrogen-bond donors (Lipinski definition) is 1. The van der Waals surface area contributed by atoms with Crippen molar-refractivity contribution < 1.29 is 24.2 Å². The molecule has 6 heteroatoms. The van der Waals surface area contributed by atoms with E-state index in [1.165, 1.54) is 19.3 Å². The normalized spacial score (nSPS) is 28.1. The lowest BCUT2D eigenvalue weighted by Crippen LogP contribution is -2.55. The second-order valence-corrected chi connectivity index (χ2v) is 4.34. The Bertz CT molecular complexity index is 320. The van der Waals surface area contributed by atoms with E-state index in [1.54, 1.807) is 6.92 Å². The van der Waals surface area contributed by atoms with Gasteiger partial charge in [0, 0.05) is 13.0 Å². The maximum absolute atomic E-state index is 11.9. The SMILES string of the molecule is C=C(C(O)OC)C(C)[C@@H]1CO[C@H](C)C(=O)N1OC. The number of carbonyl (C=O) groups excluding carboxylic acids is 1. The minimum absolute atomic E-state index is 0.212. The van der Waals surface area contributed by atoms with Crippen LogP contribution in [0, 0.1) is 5.92 Å². The molecule has 1 fully saturated rings. The number of methoxy groups -OCH3 is 1. The van der Waals surface area contributed by atoms with Crippen LogP contribution < -0.4 is 0 Å². The van der Waals surface area contributed by atoms with Crippen LogP contribution in [0.2, 0.25) is 0 Å². The Labute approximate surface area is 107 Å². The van der Waals surface area contributed by atoms with Crippen LogP contribution in [-0.4, -0.2) is 55.3 Å². The predicted octanol–water partition coefficient (Wildman–Crippen LogP) is 0.321. The van der Waals surface area contributed by atoms with Crippen LogP contribution in [0.15, 0.2) is 12.2 Å². The molecule has 0 aromatic heterocycles. The molecule has 0 aromatic rings. The molecule has 2 unspecified atom stereocenters. The Morgan fingerprint density at radius 1 is 1.61 bits per heavy atom. The third kappa shape index (κ3) is 2.89. The van der Waals surface area contributed by atoms with E-state index in [1.807, 2.05) is 6.92 Å². The van der Waals surface area contributed by atoms with Gasteiger partial charge in [0.25, 0.3) is 5.91 Å². The molecule has 18 heavy (non-hydrogen) atoms. The fourth-order valence-corrected chi connectivity index (χ4v) is 1.92. The van der Waals surface area contributed by atoms with Gasteiger partial charge < -0.3 is 14.6 Å². The Kier molecular flexibility index (Phi) is 5.28. The molecule has 1 amide bonds. The summed E-state index contributed by atoms with van der Waals surface area (Å²) in [7, 11) is 2.83. The lowest BCUT2D eigenvalue weighted by molar-refractivity contribution is -0.228. The first-order valence-corrected chi connectivity index (χ1v) is 5.82. The first-order valence-electron chi connectivity index (χ1n) is 5.82. The van der Waals surface area contributed by atoms with E-state index >= 15 is 0 Å². The molecule has 104 valence electrons. The molecule has 1 rings (SSSR count). The van der Waals surface area contributed by atoms with Gasteiger partial charge in [-0.2, -0.15) is 0 Å². The highest BCUT2D eigenvalue weighted by atomic mass is 16.7. The molecule has 0 radical (unpaired) electrons. The zero-order valence-electron chi connectivity index (χ0n) is 11.3. The van der Waals surface area contributed by atoms with Gasteiger partial charge in [-0.15, -0.1) is 0 Å². The summed E-state index contributed by atoms with van der Waals surface area (Å²) in [5, 5.41) is 10.9. The van der Waals surface area contributed by atoms with Crippen molar-refractivity contribution in [2.24, 2.45) is 5.92 Å². The van der Waals surface area contributed by atoms with Crippen molar-refractivity contribution in [3.05, 3.63) is 12.2 Å². The molecule has 1 saturated heterocycles. The number of carbonyl (C=O) groups is 1. The first-order chi connectivity index (χ1) is 8.43. The molecule has 6 nitrogen and oxygen atoms in total. The molecule has 0 aromatic carbocycles. The van der Waals surface area contributed by atoms with Gasteiger partial charge in [-0.1, -0.05) is 13.5 Å². The molecule has 4 atom stereocenters. The number of rotatable bonds is 5. The van der Waals surface area contributed by atoms with Crippen molar-refractivity contribution in [2.45, 2.75) is 32.3 Å². The molecule has 1 aliphatic rings. The van der Waals surface area contributed by atoms with Crippen LogP contribution in [0.4, 0.5) is 0 Å². The van der Waals surface area contributed by atoms with E-state index in [0.717, 1.165) is 0 Å². The average Bonchev–Trinajstić information content (AvgIpc) is 2.39. The quantitative estimate of drug-likeness (QED) is 0.569. The van der Waals surface area contributed by atoms with Crippen molar-refractivity contribution in [1.29, 1.82) is 0 Å². The Hall–Kier alpha value is -0.950. The summed E-state index contributed by atoms with van der Waals surface area (Å²) in [4.78, 5) is 17.0. The van der Waals surface area contributed by atoms with Gasteiger partial charge in [0.1, 0.15) is 6.10 Å². The number of nitrogens with zero attached hydrogens (tertiary/aromatic N) is 1. The number of amides is 1. The first kappa shape index (κ1) is 15.1. The van der Waals surface area contributed by atoms with Crippen molar-refractivity contribution in [3.8, 4) is 0 Å². The van der Waals surface area contributed by atoms with Gasteiger partial charge in [-0.25, -0.2) is 5.06 Å². The zero-order valence-corrected chi connectivity index (χ0v) is 11.3. The maximum atomic E-state index is 11.9. The summed E-state index contributed by atoms with van der Waals surface area (Å²) < 4.78 is 10.2. The summed E-state index contributed by atoms with van der Waals surface area (Å²) in [5.41, 5.74) is 0.482. The summed E-state index contributed by atoms with van der Waals surface area (Å²) >= 11 is 0. The minimum Gasteiger partial charge on any atom is -0.366 e. The van der Waals surface area contributed by atoms with Crippen LogP contribution in [0.25, 0.3) is 0 Å². The summed E-state index contributed by atoms with van der Waals surface area (Å²) in [6, 6.07) is -0.323. The minimum atomic E-state index is -1.06. The highest BCUT2D eigenvalue weighted by Gasteiger charge is 2.39. The highest BCUT2D eigenvalue weighted by molar-refractivity contribution is 5.80. The molecular weight excluding hydrogens is 238 g/mol. The van der Waals surface area contributed by atoms with Gasteiger partial charge in [0.2, 0.25) is 0 Å². The van der Waals surface area contributed by atoms with E-state index in [0.29, 0.717) is 12.2 Å². The predicted molar refractivity (Wildman–Crippen MR) is 64.4 cm³/mol. The van der Waals surface area contributed by atoms with Crippen molar-refractivity contribution in [2.75, 3.05) is 20.8 Å². The zero-order chi connectivity index (χ0) is 13.9. The molecule has 1 heterocycles. The molecular formula is C12H21NO5. The average molecular weight is 259 g/mol. The topological polar surface area (TPSA) is 68.2 Å². The van der Waals surface area contributed by atoms with Crippen LogP contribution in [0.5, 0.6) is 0 Å². The van der Waals surface area contributed by atoms with Gasteiger partial charge in [-0.05, 0) is 12.5 Å². The van der Waals surface area contributed by atoms with Gasteiger partial charge in [-0.3, -0.25) is 9.63 Å². The van der Waals surface area contributed by atoms with E-state index in [2.05, 4.69) is 6.58 Å². The Morgan fingerprint density at radius 3 is 2.72 bits per heavy atom. The van der Waals surface area contributed by atoms with Gasteiger partial charge in [0.05, 0.1) is 19.8 Å². The van der Waals surface area contributed by atoms with E-state index in [-0.39, 0.29) is 17.9 Å².